The van der Waals surface area contributed by atoms with Crippen molar-refractivity contribution >= 4 is 28.6 Å². The van der Waals surface area contributed by atoms with E-state index < -0.39 is 0 Å². The van der Waals surface area contributed by atoms with Crippen molar-refractivity contribution in [2.45, 2.75) is 18.2 Å². The van der Waals surface area contributed by atoms with Gasteiger partial charge in [-0.25, -0.2) is 0 Å². The van der Waals surface area contributed by atoms with Crippen LogP contribution in [0.25, 0.3) is 0 Å². The normalized spacial score (nSPS) is 10.5. The molecule has 0 radical (unpaired) electrons. The molecule has 0 aromatic heterocycles. The molecule has 84 valence electrons. The molecule has 3 heteroatoms. The van der Waals surface area contributed by atoms with E-state index in [-0.39, 0.29) is 0 Å². The van der Waals surface area contributed by atoms with Crippen molar-refractivity contribution in [2.24, 2.45) is 4.99 Å². The van der Waals surface area contributed by atoms with Crippen LogP contribution in [-0.4, -0.2) is 24.6 Å². The Morgan fingerprint density at radius 2 is 1.80 bits per heavy atom. The smallest absolute Gasteiger partial charge is 0.0667 e. The van der Waals surface area contributed by atoms with Crippen LogP contribution in [0.2, 0.25) is 0 Å². The first-order chi connectivity index (χ1) is 7.28. The third kappa shape index (κ3) is 7.51. The molecule has 0 aliphatic heterocycles. The molecule has 0 aliphatic carbocycles. The molecule has 0 unspecified atom stereocenters. The van der Waals surface area contributed by atoms with Crippen LogP contribution in [0.15, 0.2) is 40.2 Å². The highest BCUT2D eigenvalue weighted by atomic mass is 32.2. The topological polar surface area (TPSA) is 12.4 Å². The maximum absolute atomic E-state index is 4.00. The van der Waals surface area contributed by atoms with E-state index in [9.17, 15) is 0 Å². The highest BCUT2D eigenvalue weighted by molar-refractivity contribution is 8.13. The van der Waals surface area contributed by atoms with Crippen molar-refractivity contribution in [3.63, 3.8) is 0 Å². The molecular weight excluding hydrogens is 222 g/mol. The molecule has 15 heavy (non-hydrogen) atoms. The first-order valence-electron chi connectivity index (χ1n) is 4.87. The van der Waals surface area contributed by atoms with Crippen molar-refractivity contribution in [3.8, 4) is 0 Å². The largest absolute Gasteiger partial charge is 0.286 e. The van der Waals surface area contributed by atoms with Crippen LogP contribution in [-0.2, 0) is 0 Å². The van der Waals surface area contributed by atoms with Gasteiger partial charge in [-0.15, -0.1) is 23.5 Å². The molecule has 0 bridgehead atoms. The van der Waals surface area contributed by atoms with E-state index in [0.717, 1.165) is 6.42 Å². The molecular formula is C12H19NS2. The molecule has 0 spiro atoms. The average Bonchev–Trinajstić information content (AvgIpc) is 2.33. The van der Waals surface area contributed by atoms with Crippen LogP contribution >= 0.6 is 23.5 Å². The van der Waals surface area contributed by atoms with Gasteiger partial charge in [0.1, 0.15) is 0 Å². The minimum absolute atomic E-state index is 1.07. The van der Waals surface area contributed by atoms with Gasteiger partial charge >= 0.3 is 0 Å². The Balaban J connectivity index is 0.000000265. The summed E-state index contributed by atoms with van der Waals surface area (Å²) >= 11 is 3.49. The second-order valence-electron chi connectivity index (χ2n) is 2.69. The van der Waals surface area contributed by atoms with Crippen LogP contribution in [0.3, 0.4) is 0 Å². The second-order valence-corrected chi connectivity index (χ2v) is 4.45. The Morgan fingerprint density at radius 1 is 1.20 bits per heavy atom. The molecule has 0 fully saturated rings. The van der Waals surface area contributed by atoms with E-state index >= 15 is 0 Å². The average molecular weight is 241 g/mol. The molecule has 0 heterocycles. The van der Waals surface area contributed by atoms with E-state index in [1.165, 1.54) is 9.94 Å². The number of rotatable bonds is 2. The Hall–Kier alpha value is -0.410. The highest BCUT2D eigenvalue weighted by Crippen LogP contribution is 2.11. The first-order valence-corrected chi connectivity index (χ1v) is 7.32. The lowest BCUT2D eigenvalue weighted by Gasteiger charge is -1.91. The summed E-state index contributed by atoms with van der Waals surface area (Å²) in [5.41, 5.74) is 0. The van der Waals surface area contributed by atoms with Gasteiger partial charge in [0.15, 0.2) is 0 Å². The predicted molar refractivity (Wildman–Crippen MR) is 75.4 cm³/mol. The van der Waals surface area contributed by atoms with Crippen LogP contribution in [0, 0.1) is 0 Å². The lowest BCUT2D eigenvalue weighted by Crippen LogP contribution is -1.84. The van der Waals surface area contributed by atoms with Crippen molar-refractivity contribution in [2.75, 3.05) is 19.6 Å². The number of aliphatic imine (C=N–C) groups is 1. The third-order valence-electron chi connectivity index (χ3n) is 1.77. The molecule has 0 amide bonds. The van der Waals surface area contributed by atoms with Gasteiger partial charge < -0.3 is 0 Å². The van der Waals surface area contributed by atoms with Gasteiger partial charge in [0.25, 0.3) is 0 Å². The van der Waals surface area contributed by atoms with Gasteiger partial charge in [-0.05, 0) is 31.1 Å². The maximum atomic E-state index is 4.00. The summed E-state index contributed by atoms with van der Waals surface area (Å²) in [6, 6.07) is 10.3. The number of nitrogens with zero attached hydrogens (tertiary/aromatic N) is 1. The fourth-order valence-corrected chi connectivity index (χ4v) is 1.85. The zero-order valence-corrected chi connectivity index (χ0v) is 11.5. The van der Waals surface area contributed by atoms with Crippen LogP contribution in [0.5, 0.6) is 0 Å². The lowest BCUT2D eigenvalue weighted by atomic mass is 10.4. The van der Waals surface area contributed by atoms with Crippen molar-refractivity contribution in [1.82, 2.24) is 0 Å². The van der Waals surface area contributed by atoms with E-state index in [4.69, 9.17) is 0 Å². The van der Waals surface area contributed by atoms with Crippen LogP contribution < -0.4 is 0 Å². The van der Waals surface area contributed by atoms with Crippen LogP contribution in [0.4, 0.5) is 0 Å². The summed E-state index contributed by atoms with van der Waals surface area (Å²) in [6.07, 6.45) is 5.19. The molecule has 0 atom stereocenters. The molecule has 0 N–H and O–H groups in total. The number of benzene rings is 1. The summed E-state index contributed by atoms with van der Waals surface area (Å²) < 4.78 is 0. The van der Waals surface area contributed by atoms with Gasteiger partial charge in [0, 0.05) is 11.9 Å². The molecule has 1 aromatic carbocycles. The van der Waals surface area contributed by atoms with Crippen molar-refractivity contribution in [1.29, 1.82) is 0 Å². The zero-order chi connectivity index (χ0) is 11.5. The Labute approximate surface area is 102 Å². The van der Waals surface area contributed by atoms with Gasteiger partial charge in [0.2, 0.25) is 0 Å². The highest BCUT2D eigenvalue weighted by Gasteiger charge is 1.85. The fraction of sp³-hybridized carbons (Fsp3) is 0.417. The summed E-state index contributed by atoms with van der Waals surface area (Å²) in [5, 5.41) is 1.22. The number of hydrogen-bond acceptors (Lipinski definition) is 3. The third-order valence-corrected chi connectivity index (χ3v) is 3.45. The summed E-state index contributed by atoms with van der Waals surface area (Å²) in [4.78, 5) is 5.33. The first kappa shape index (κ1) is 14.6. The molecule has 1 nitrogen and oxygen atoms in total. The molecule has 0 saturated heterocycles. The van der Waals surface area contributed by atoms with Gasteiger partial charge in [0.05, 0.1) is 5.04 Å². The van der Waals surface area contributed by atoms with Crippen molar-refractivity contribution < 1.29 is 0 Å². The zero-order valence-electron chi connectivity index (χ0n) is 9.86. The second kappa shape index (κ2) is 10.1. The molecule has 1 aromatic rings. The Morgan fingerprint density at radius 3 is 2.00 bits per heavy atom. The summed E-state index contributed by atoms with van der Waals surface area (Å²) in [7, 11) is 1.83. The minimum Gasteiger partial charge on any atom is -0.286 e. The maximum Gasteiger partial charge on any atom is 0.0667 e. The van der Waals surface area contributed by atoms with E-state index in [1.54, 1.807) is 23.5 Å². The van der Waals surface area contributed by atoms with Gasteiger partial charge in [-0.3, -0.25) is 4.99 Å². The van der Waals surface area contributed by atoms with Gasteiger partial charge in [-0.1, -0.05) is 25.1 Å². The lowest BCUT2D eigenvalue weighted by molar-refractivity contribution is 1.28. The number of hydrogen-bond donors (Lipinski definition) is 0. The molecule has 0 aliphatic rings. The Kier molecular flexibility index (Phi) is 9.84. The van der Waals surface area contributed by atoms with E-state index in [0.29, 0.717) is 0 Å². The van der Waals surface area contributed by atoms with E-state index in [1.807, 2.05) is 31.5 Å². The van der Waals surface area contributed by atoms with Gasteiger partial charge in [-0.2, -0.15) is 0 Å². The predicted octanol–water partition coefficient (Wildman–Crippen LogP) is 4.20. The Bertz CT molecular complexity index is 264. The quantitative estimate of drug-likeness (QED) is 0.437. The van der Waals surface area contributed by atoms with Crippen molar-refractivity contribution in [3.05, 3.63) is 30.3 Å². The summed E-state index contributed by atoms with van der Waals surface area (Å²) in [5.74, 6) is 0. The standard InChI is InChI=1S/C7H8S.C5H11NS/c1-8-7-5-3-2-4-6-7;1-4-5(6-2)7-3/h2-6H,1H3;4H2,1-3H3. The minimum atomic E-state index is 1.07. The molecule has 0 saturated carbocycles. The molecule has 1 rings (SSSR count). The fourth-order valence-electron chi connectivity index (χ4n) is 0.950. The van der Waals surface area contributed by atoms with E-state index in [2.05, 4.69) is 30.3 Å². The number of thioether (sulfide) groups is 2. The van der Waals surface area contributed by atoms with Crippen LogP contribution in [0.1, 0.15) is 13.3 Å². The monoisotopic (exact) mass is 241 g/mol. The summed E-state index contributed by atoms with van der Waals surface area (Å²) in [6.45, 7) is 2.11. The SMILES string of the molecule is CCC(=NC)SC.CSc1ccccc1.